The van der Waals surface area contributed by atoms with E-state index >= 15 is 0 Å². The van der Waals surface area contributed by atoms with Crippen molar-refractivity contribution < 1.29 is 4.79 Å². The molecule has 0 aliphatic heterocycles. The van der Waals surface area contributed by atoms with Crippen LogP contribution < -0.4 is 5.32 Å². The maximum Gasteiger partial charge on any atom is 0.220 e. The molecule has 0 bridgehead atoms. The molecule has 3 nitrogen and oxygen atoms in total. The fourth-order valence-corrected chi connectivity index (χ4v) is 1.97. The second kappa shape index (κ2) is 7.38. The molecule has 1 unspecified atom stereocenters. The summed E-state index contributed by atoms with van der Waals surface area (Å²) in [5, 5.41) is 12.0. The van der Waals surface area contributed by atoms with Crippen LogP contribution in [0.2, 0.25) is 0 Å². The second-order valence-corrected chi connectivity index (χ2v) is 4.67. The molecule has 19 heavy (non-hydrogen) atoms. The molecular formula is C16H20N2O. The predicted octanol–water partition coefficient (Wildman–Crippen LogP) is 2.99. The van der Waals surface area contributed by atoms with Gasteiger partial charge in [0.05, 0.1) is 12.0 Å². The maximum absolute atomic E-state index is 11.5. The fraction of sp³-hybridized carbons (Fsp3) is 0.375. The van der Waals surface area contributed by atoms with Gasteiger partial charge in [-0.3, -0.25) is 4.79 Å². The number of carbonyl (C=O) groups is 1. The first-order valence-electron chi connectivity index (χ1n) is 6.42. The van der Waals surface area contributed by atoms with Crippen molar-refractivity contribution >= 4 is 5.91 Å². The third kappa shape index (κ3) is 4.59. The van der Waals surface area contributed by atoms with Crippen LogP contribution in [0.5, 0.6) is 0 Å². The quantitative estimate of drug-likeness (QED) is 0.795. The largest absolute Gasteiger partial charge is 0.353 e. The molecular weight excluding hydrogens is 236 g/mol. The van der Waals surface area contributed by atoms with Crippen LogP contribution in [-0.2, 0) is 4.79 Å². The zero-order chi connectivity index (χ0) is 14.3. The average Bonchev–Trinajstić information content (AvgIpc) is 2.40. The van der Waals surface area contributed by atoms with Gasteiger partial charge in [-0.15, -0.1) is 6.58 Å². The first-order chi connectivity index (χ1) is 9.08. The lowest BCUT2D eigenvalue weighted by atomic mass is 9.91. The zero-order valence-corrected chi connectivity index (χ0v) is 11.6. The molecule has 0 saturated heterocycles. The fourth-order valence-electron chi connectivity index (χ4n) is 1.97. The van der Waals surface area contributed by atoms with E-state index in [2.05, 4.69) is 18.0 Å². The lowest BCUT2D eigenvalue weighted by Crippen LogP contribution is -2.23. The smallest absolute Gasteiger partial charge is 0.220 e. The average molecular weight is 256 g/mol. The topological polar surface area (TPSA) is 52.9 Å². The molecule has 1 N–H and O–H groups in total. The Morgan fingerprint density at radius 2 is 2.26 bits per heavy atom. The number of nitrogens with zero attached hydrogens (tertiary/aromatic N) is 1. The van der Waals surface area contributed by atoms with E-state index in [0.29, 0.717) is 19.4 Å². The number of hydrogen-bond acceptors (Lipinski definition) is 2. The van der Waals surface area contributed by atoms with E-state index in [1.54, 1.807) is 6.08 Å². The molecule has 0 fully saturated rings. The van der Waals surface area contributed by atoms with Gasteiger partial charge < -0.3 is 5.32 Å². The van der Waals surface area contributed by atoms with Crippen molar-refractivity contribution in [2.45, 2.75) is 32.6 Å². The Kier molecular flexibility index (Phi) is 5.81. The van der Waals surface area contributed by atoms with Crippen molar-refractivity contribution in [1.29, 1.82) is 5.26 Å². The van der Waals surface area contributed by atoms with Crippen molar-refractivity contribution in [3.05, 3.63) is 47.5 Å². The lowest BCUT2D eigenvalue weighted by molar-refractivity contribution is -0.121. The summed E-state index contributed by atoms with van der Waals surface area (Å²) in [6, 6.07) is 8.38. The van der Waals surface area contributed by atoms with E-state index in [1.165, 1.54) is 0 Å². The van der Waals surface area contributed by atoms with Crippen LogP contribution in [0, 0.1) is 25.2 Å². The number of nitrogens with one attached hydrogen (secondary N) is 1. The van der Waals surface area contributed by atoms with Gasteiger partial charge in [0.1, 0.15) is 0 Å². The van der Waals surface area contributed by atoms with Crippen LogP contribution in [0.1, 0.15) is 35.4 Å². The minimum absolute atomic E-state index is 0.0366. The third-order valence-corrected chi connectivity index (χ3v) is 3.07. The first kappa shape index (κ1) is 15.0. The molecule has 1 rings (SSSR count). The van der Waals surface area contributed by atoms with Crippen LogP contribution >= 0.6 is 0 Å². The van der Waals surface area contributed by atoms with Crippen LogP contribution in [0.15, 0.2) is 30.9 Å². The van der Waals surface area contributed by atoms with Gasteiger partial charge in [-0.1, -0.05) is 29.8 Å². The molecule has 0 spiro atoms. The maximum atomic E-state index is 11.5. The molecule has 0 aromatic heterocycles. The SMILES string of the molecule is C=CCNC(=O)CCC(C#N)c1cc(C)ccc1C. The van der Waals surface area contributed by atoms with E-state index in [9.17, 15) is 10.1 Å². The molecule has 1 aromatic carbocycles. The highest BCUT2D eigenvalue weighted by molar-refractivity contribution is 5.76. The van der Waals surface area contributed by atoms with Gasteiger partial charge in [0.25, 0.3) is 0 Å². The number of carbonyl (C=O) groups excluding carboxylic acids is 1. The molecule has 100 valence electrons. The molecule has 1 amide bonds. The minimum Gasteiger partial charge on any atom is -0.353 e. The summed E-state index contributed by atoms with van der Waals surface area (Å²) in [6.07, 6.45) is 2.55. The summed E-state index contributed by atoms with van der Waals surface area (Å²) in [5.41, 5.74) is 3.26. The van der Waals surface area contributed by atoms with E-state index < -0.39 is 0 Å². The Balaban J connectivity index is 2.69. The Morgan fingerprint density at radius 3 is 2.89 bits per heavy atom. The minimum atomic E-state index is -0.227. The van der Waals surface area contributed by atoms with Crippen molar-refractivity contribution in [2.75, 3.05) is 6.54 Å². The Labute approximate surface area is 114 Å². The van der Waals surface area contributed by atoms with Gasteiger partial charge in [0.2, 0.25) is 5.91 Å². The summed E-state index contributed by atoms with van der Waals surface area (Å²) < 4.78 is 0. The highest BCUT2D eigenvalue weighted by Gasteiger charge is 2.15. The summed E-state index contributed by atoms with van der Waals surface area (Å²) in [4.78, 5) is 11.5. The zero-order valence-electron chi connectivity index (χ0n) is 11.6. The Hall–Kier alpha value is -2.08. The molecule has 1 atom stereocenters. The van der Waals surface area contributed by atoms with Crippen LogP contribution in [-0.4, -0.2) is 12.5 Å². The van der Waals surface area contributed by atoms with E-state index in [4.69, 9.17) is 0 Å². The molecule has 0 aliphatic rings. The van der Waals surface area contributed by atoms with Gasteiger partial charge in [0, 0.05) is 13.0 Å². The standard InChI is InChI=1S/C16H20N2O/c1-4-9-18-16(19)8-7-14(11-17)15-10-12(2)5-6-13(15)3/h4-6,10,14H,1,7-9H2,2-3H3,(H,18,19). The summed E-state index contributed by atoms with van der Waals surface area (Å²) in [6.45, 7) is 8.02. The molecule has 0 saturated carbocycles. The molecule has 3 heteroatoms. The lowest BCUT2D eigenvalue weighted by Gasteiger charge is -2.13. The monoisotopic (exact) mass is 256 g/mol. The van der Waals surface area contributed by atoms with Crippen molar-refractivity contribution in [1.82, 2.24) is 5.32 Å². The number of rotatable bonds is 6. The van der Waals surface area contributed by atoms with Gasteiger partial charge >= 0.3 is 0 Å². The van der Waals surface area contributed by atoms with Crippen LogP contribution in [0.4, 0.5) is 0 Å². The Bertz CT molecular complexity index is 500. The highest BCUT2D eigenvalue weighted by atomic mass is 16.1. The number of nitriles is 1. The molecule has 0 aliphatic carbocycles. The van der Waals surface area contributed by atoms with E-state index in [1.807, 2.05) is 32.0 Å². The predicted molar refractivity (Wildman–Crippen MR) is 76.7 cm³/mol. The number of aryl methyl sites for hydroxylation is 2. The molecule has 1 aromatic rings. The van der Waals surface area contributed by atoms with Crippen molar-refractivity contribution in [3.8, 4) is 6.07 Å². The normalized spacial score (nSPS) is 11.4. The third-order valence-electron chi connectivity index (χ3n) is 3.07. The number of benzene rings is 1. The van der Waals surface area contributed by atoms with Gasteiger partial charge in [-0.25, -0.2) is 0 Å². The summed E-state index contributed by atoms with van der Waals surface area (Å²) in [5.74, 6) is -0.264. The van der Waals surface area contributed by atoms with Gasteiger partial charge in [0.15, 0.2) is 0 Å². The van der Waals surface area contributed by atoms with Crippen LogP contribution in [0.3, 0.4) is 0 Å². The van der Waals surface area contributed by atoms with Gasteiger partial charge in [-0.2, -0.15) is 5.26 Å². The summed E-state index contributed by atoms with van der Waals surface area (Å²) >= 11 is 0. The number of hydrogen-bond donors (Lipinski definition) is 1. The highest BCUT2D eigenvalue weighted by Crippen LogP contribution is 2.24. The molecule has 0 radical (unpaired) electrons. The van der Waals surface area contributed by atoms with E-state index in [0.717, 1.165) is 16.7 Å². The second-order valence-electron chi connectivity index (χ2n) is 4.67. The van der Waals surface area contributed by atoms with Crippen molar-refractivity contribution in [3.63, 3.8) is 0 Å². The van der Waals surface area contributed by atoms with Crippen molar-refractivity contribution in [2.24, 2.45) is 0 Å². The number of amides is 1. The Morgan fingerprint density at radius 1 is 1.53 bits per heavy atom. The van der Waals surface area contributed by atoms with Gasteiger partial charge in [-0.05, 0) is 31.4 Å². The van der Waals surface area contributed by atoms with E-state index in [-0.39, 0.29) is 11.8 Å². The first-order valence-corrected chi connectivity index (χ1v) is 6.42. The summed E-state index contributed by atoms with van der Waals surface area (Å²) in [7, 11) is 0. The molecule has 0 heterocycles. The van der Waals surface area contributed by atoms with Crippen LogP contribution in [0.25, 0.3) is 0 Å².